The molecule has 18 heavy (non-hydrogen) atoms. The second-order valence-electron chi connectivity index (χ2n) is 3.78. The number of allylic oxidation sites excluding steroid dienone is 2. The average Bonchev–Trinajstić information content (AvgIpc) is 2.53. The third-order valence-electron chi connectivity index (χ3n) is 2.52. The SMILES string of the molecule is O=C1CC=CC=CN1c1ccc(C(F)(F)F)cc1. The summed E-state index contributed by atoms with van der Waals surface area (Å²) in [6, 6.07) is 4.51. The van der Waals surface area contributed by atoms with Crippen LogP contribution in [0.4, 0.5) is 18.9 Å². The number of amides is 1. The van der Waals surface area contributed by atoms with Crippen molar-refractivity contribution in [2.75, 3.05) is 4.90 Å². The van der Waals surface area contributed by atoms with E-state index < -0.39 is 11.7 Å². The molecule has 5 heteroatoms. The Kier molecular flexibility index (Phi) is 3.23. The summed E-state index contributed by atoms with van der Waals surface area (Å²) in [5.74, 6) is -0.181. The summed E-state index contributed by atoms with van der Waals surface area (Å²) in [6.07, 6.45) is 2.49. The molecule has 0 saturated heterocycles. The number of alkyl halides is 3. The molecule has 0 aliphatic carbocycles. The number of carbonyl (C=O) groups is 1. The van der Waals surface area contributed by atoms with E-state index >= 15 is 0 Å². The predicted octanol–water partition coefficient (Wildman–Crippen LogP) is 3.51. The highest BCUT2D eigenvalue weighted by atomic mass is 19.4. The van der Waals surface area contributed by atoms with Crippen LogP contribution in [0.1, 0.15) is 12.0 Å². The van der Waals surface area contributed by atoms with Gasteiger partial charge in [0.1, 0.15) is 0 Å². The predicted molar refractivity (Wildman–Crippen MR) is 61.8 cm³/mol. The highest BCUT2D eigenvalue weighted by Crippen LogP contribution is 2.30. The van der Waals surface area contributed by atoms with E-state index in [1.54, 1.807) is 18.2 Å². The van der Waals surface area contributed by atoms with Crippen LogP contribution < -0.4 is 4.90 Å². The minimum absolute atomic E-state index is 0.181. The minimum Gasteiger partial charge on any atom is -0.288 e. The molecule has 0 aromatic heterocycles. The van der Waals surface area contributed by atoms with Crippen molar-refractivity contribution in [3.63, 3.8) is 0 Å². The molecular formula is C13H10F3NO. The largest absolute Gasteiger partial charge is 0.416 e. The molecule has 0 saturated carbocycles. The van der Waals surface area contributed by atoms with E-state index in [2.05, 4.69) is 0 Å². The van der Waals surface area contributed by atoms with E-state index in [1.807, 2.05) is 0 Å². The van der Waals surface area contributed by atoms with Crippen molar-refractivity contribution in [3.05, 3.63) is 54.3 Å². The Morgan fingerprint density at radius 1 is 1.06 bits per heavy atom. The van der Waals surface area contributed by atoms with Crippen molar-refractivity contribution in [3.8, 4) is 0 Å². The average molecular weight is 253 g/mol. The summed E-state index contributed by atoms with van der Waals surface area (Å²) >= 11 is 0. The van der Waals surface area contributed by atoms with Gasteiger partial charge in [-0.2, -0.15) is 13.2 Å². The van der Waals surface area contributed by atoms with Gasteiger partial charge in [-0.25, -0.2) is 0 Å². The lowest BCUT2D eigenvalue weighted by molar-refractivity contribution is -0.137. The van der Waals surface area contributed by atoms with Crippen LogP contribution in [0.3, 0.4) is 0 Å². The van der Waals surface area contributed by atoms with E-state index in [4.69, 9.17) is 0 Å². The van der Waals surface area contributed by atoms with Gasteiger partial charge in [-0.1, -0.05) is 12.2 Å². The van der Waals surface area contributed by atoms with E-state index in [9.17, 15) is 18.0 Å². The number of hydrogen-bond acceptors (Lipinski definition) is 1. The molecule has 0 bridgehead atoms. The second kappa shape index (κ2) is 4.68. The highest BCUT2D eigenvalue weighted by molar-refractivity contribution is 5.96. The lowest BCUT2D eigenvalue weighted by Crippen LogP contribution is -2.23. The van der Waals surface area contributed by atoms with Crippen molar-refractivity contribution in [2.24, 2.45) is 0 Å². The summed E-state index contributed by atoms with van der Waals surface area (Å²) < 4.78 is 37.2. The van der Waals surface area contributed by atoms with Gasteiger partial charge in [0.2, 0.25) is 5.91 Å². The number of benzene rings is 1. The molecular weight excluding hydrogens is 243 g/mol. The van der Waals surface area contributed by atoms with Crippen LogP contribution >= 0.6 is 0 Å². The molecule has 1 aromatic carbocycles. The van der Waals surface area contributed by atoms with Crippen LogP contribution in [-0.2, 0) is 11.0 Å². The standard InChI is InChI=1S/C13H10F3NO/c14-13(15,16)10-5-7-11(8-6-10)17-9-3-1-2-4-12(17)18/h1-3,5-9H,4H2. The zero-order chi connectivity index (χ0) is 13.2. The molecule has 0 unspecified atom stereocenters. The molecule has 2 nitrogen and oxygen atoms in total. The van der Waals surface area contributed by atoms with Crippen LogP contribution in [0, 0.1) is 0 Å². The Morgan fingerprint density at radius 2 is 1.72 bits per heavy atom. The Balaban J connectivity index is 2.27. The minimum atomic E-state index is -4.36. The van der Waals surface area contributed by atoms with Gasteiger partial charge in [-0.05, 0) is 30.3 Å². The summed E-state index contributed by atoms with van der Waals surface area (Å²) in [7, 11) is 0. The first kappa shape index (κ1) is 12.4. The zero-order valence-electron chi connectivity index (χ0n) is 9.32. The Bertz CT molecular complexity index is 500. The molecule has 0 radical (unpaired) electrons. The van der Waals surface area contributed by atoms with Gasteiger partial charge in [-0.15, -0.1) is 0 Å². The van der Waals surface area contributed by atoms with E-state index in [-0.39, 0.29) is 12.3 Å². The van der Waals surface area contributed by atoms with E-state index in [0.717, 1.165) is 12.1 Å². The normalized spacial score (nSPS) is 15.9. The number of rotatable bonds is 1. The number of carbonyl (C=O) groups excluding carboxylic acids is 1. The van der Waals surface area contributed by atoms with Crippen molar-refractivity contribution in [2.45, 2.75) is 12.6 Å². The summed E-state index contributed by atoms with van der Waals surface area (Å²) in [5.41, 5.74) is -0.302. The Morgan fingerprint density at radius 3 is 2.33 bits per heavy atom. The van der Waals surface area contributed by atoms with Crippen molar-refractivity contribution in [1.82, 2.24) is 0 Å². The maximum atomic E-state index is 12.4. The van der Waals surface area contributed by atoms with Gasteiger partial charge in [0, 0.05) is 18.3 Å². The first-order chi connectivity index (χ1) is 8.48. The third kappa shape index (κ3) is 2.61. The van der Waals surface area contributed by atoms with Crippen molar-refractivity contribution >= 4 is 11.6 Å². The van der Waals surface area contributed by atoms with Gasteiger partial charge < -0.3 is 0 Å². The fourth-order valence-corrected chi connectivity index (χ4v) is 1.61. The number of nitrogens with zero attached hydrogens (tertiary/aromatic N) is 1. The van der Waals surface area contributed by atoms with Gasteiger partial charge in [-0.3, -0.25) is 9.69 Å². The van der Waals surface area contributed by atoms with Crippen molar-refractivity contribution in [1.29, 1.82) is 0 Å². The molecule has 0 atom stereocenters. The van der Waals surface area contributed by atoms with Crippen molar-refractivity contribution < 1.29 is 18.0 Å². The van der Waals surface area contributed by atoms with Crippen LogP contribution in [-0.4, -0.2) is 5.91 Å². The zero-order valence-corrected chi connectivity index (χ0v) is 9.32. The van der Waals surface area contributed by atoms with E-state index in [0.29, 0.717) is 5.69 Å². The molecule has 1 amide bonds. The fraction of sp³-hybridized carbons (Fsp3) is 0.154. The molecule has 0 fully saturated rings. The fourth-order valence-electron chi connectivity index (χ4n) is 1.61. The lowest BCUT2D eigenvalue weighted by atomic mass is 10.2. The first-order valence-corrected chi connectivity index (χ1v) is 5.31. The summed E-state index contributed by atoms with van der Waals surface area (Å²) in [6.45, 7) is 0. The van der Waals surface area contributed by atoms with Crippen LogP contribution in [0.5, 0.6) is 0 Å². The van der Waals surface area contributed by atoms with E-state index in [1.165, 1.54) is 23.2 Å². The molecule has 1 aliphatic rings. The highest BCUT2D eigenvalue weighted by Gasteiger charge is 2.30. The first-order valence-electron chi connectivity index (χ1n) is 5.31. The third-order valence-corrected chi connectivity index (χ3v) is 2.52. The summed E-state index contributed by atoms with van der Waals surface area (Å²) in [4.78, 5) is 13.0. The topological polar surface area (TPSA) is 20.3 Å². The molecule has 1 aromatic rings. The van der Waals surface area contributed by atoms with Gasteiger partial charge in [0.25, 0.3) is 0 Å². The quantitative estimate of drug-likeness (QED) is 0.750. The molecule has 2 rings (SSSR count). The number of halogens is 3. The van der Waals surface area contributed by atoms with Crippen LogP contribution in [0.2, 0.25) is 0 Å². The lowest BCUT2D eigenvalue weighted by Gasteiger charge is -2.17. The van der Waals surface area contributed by atoms with Gasteiger partial charge >= 0.3 is 6.18 Å². The number of anilines is 1. The maximum absolute atomic E-state index is 12.4. The van der Waals surface area contributed by atoms with Crippen LogP contribution in [0.15, 0.2) is 48.7 Å². The monoisotopic (exact) mass is 253 g/mol. The molecule has 94 valence electrons. The molecule has 1 heterocycles. The maximum Gasteiger partial charge on any atom is 0.416 e. The summed E-state index contributed by atoms with van der Waals surface area (Å²) in [5, 5.41) is 0. The Hall–Kier alpha value is -2.04. The second-order valence-corrected chi connectivity index (χ2v) is 3.78. The van der Waals surface area contributed by atoms with Crippen LogP contribution in [0.25, 0.3) is 0 Å². The van der Waals surface area contributed by atoms with Gasteiger partial charge in [0.05, 0.1) is 5.56 Å². The Labute approximate surface area is 102 Å². The number of hydrogen-bond donors (Lipinski definition) is 0. The smallest absolute Gasteiger partial charge is 0.288 e. The van der Waals surface area contributed by atoms with Gasteiger partial charge in [0.15, 0.2) is 0 Å². The molecule has 0 spiro atoms. The molecule has 1 aliphatic heterocycles. The molecule has 0 N–H and O–H groups in total.